The third-order valence-electron chi connectivity index (χ3n) is 5.79. The molecule has 27 heavy (non-hydrogen) atoms. The number of rotatable bonds is 6. The Kier molecular flexibility index (Phi) is 4.84. The fraction of sp³-hybridized carbons (Fsp3) is 0.231. The van der Waals surface area contributed by atoms with Crippen molar-refractivity contribution >= 4 is 0 Å². The predicted octanol–water partition coefficient (Wildman–Crippen LogP) is 5.51. The van der Waals surface area contributed by atoms with Crippen LogP contribution < -0.4 is 0 Å². The molecule has 1 fully saturated rings. The van der Waals surface area contributed by atoms with Gasteiger partial charge in [-0.05, 0) is 22.6 Å². The molecule has 0 spiro atoms. The number of hydrogen-bond donors (Lipinski definition) is 0. The highest BCUT2D eigenvalue weighted by atomic mass is 16.5. The topological polar surface area (TPSA) is 9.23 Å². The van der Waals surface area contributed by atoms with Crippen molar-refractivity contribution in [3.8, 4) is 12.3 Å². The summed E-state index contributed by atoms with van der Waals surface area (Å²) in [6.07, 6.45) is 5.68. The van der Waals surface area contributed by atoms with E-state index in [2.05, 4.69) is 85.6 Å². The molecule has 1 nitrogen and oxygen atoms in total. The van der Waals surface area contributed by atoms with Crippen molar-refractivity contribution in [3.63, 3.8) is 0 Å². The van der Waals surface area contributed by atoms with Crippen LogP contribution in [0.25, 0.3) is 0 Å². The van der Waals surface area contributed by atoms with Gasteiger partial charge < -0.3 is 4.74 Å². The first-order valence-corrected chi connectivity index (χ1v) is 9.54. The van der Waals surface area contributed by atoms with Crippen molar-refractivity contribution in [2.24, 2.45) is 17.8 Å². The van der Waals surface area contributed by atoms with E-state index >= 15 is 0 Å². The summed E-state index contributed by atoms with van der Waals surface area (Å²) in [6, 6.07) is 31.5. The number of benzene rings is 3. The monoisotopic (exact) mass is 352 g/mol. The van der Waals surface area contributed by atoms with Crippen LogP contribution in [-0.4, -0.2) is 6.61 Å². The largest absolute Gasteiger partial charge is 0.360 e. The van der Waals surface area contributed by atoms with Crippen LogP contribution in [0.5, 0.6) is 0 Å². The van der Waals surface area contributed by atoms with Crippen LogP contribution in [0.4, 0.5) is 0 Å². The van der Waals surface area contributed by atoms with Crippen LogP contribution >= 0.6 is 0 Å². The molecule has 1 saturated carbocycles. The second-order valence-electron chi connectivity index (χ2n) is 7.31. The van der Waals surface area contributed by atoms with E-state index in [1.807, 2.05) is 18.2 Å². The number of terminal acetylenes is 1. The zero-order chi connectivity index (χ0) is 18.7. The van der Waals surface area contributed by atoms with Crippen molar-refractivity contribution in [1.82, 2.24) is 0 Å². The van der Waals surface area contributed by atoms with Crippen LogP contribution in [-0.2, 0) is 10.3 Å². The first kappa shape index (κ1) is 17.6. The van der Waals surface area contributed by atoms with Crippen molar-refractivity contribution in [1.29, 1.82) is 0 Å². The van der Waals surface area contributed by atoms with Gasteiger partial charge in [-0.25, -0.2) is 0 Å². The Balaban J connectivity index is 1.83. The summed E-state index contributed by atoms with van der Waals surface area (Å²) < 4.78 is 6.82. The minimum Gasteiger partial charge on any atom is -0.360 e. The molecule has 4 rings (SSSR count). The third-order valence-corrected chi connectivity index (χ3v) is 5.79. The van der Waals surface area contributed by atoms with Crippen LogP contribution in [0.1, 0.15) is 23.6 Å². The Morgan fingerprint density at radius 1 is 0.778 bits per heavy atom. The van der Waals surface area contributed by atoms with E-state index in [1.165, 1.54) is 0 Å². The molecule has 3 atom stereocenters. The fourth-order valence-corrected chi connectivity index (χ4v) is 4.07. The molecule has 0 amide bonds. The van der Waals surface area contributed by atoms with E-state index < -0.39 is 5.60 Å². The van der Waals surface area contributed by atoms with Crippen molar-refractivity contribution in [2.45, 2.75) is 12.5 Å². The highest BCUT2D eigenvalue weighted by Gasteiger charge is 2.48. The van der Waals surface area contributed by atoms with Gasteiger partial charge in [0.15, 0.2) is 0 Å². The number of ether oxygens (including phenoxy) is 1. The van der Waals surface area contributed by atoms with Gasteiger partial charge in [-0.1, -0.05) is 97.9 Å². The molecule has 3 aromatic rings. The molecule has 0 heterocycles. The zero-order valence-corrected chi connectivity index (χ0v) is 15.6. The van der Waals surface area contributed by atoms with Gasteiger partial charge in [0.05, 0.1) is 6.61 Å². The maximum absolute atomic E-state index is 6.82. The fourth-order valence-electron chi connectivity index (χ4n) is 4.07. The molecule has 0 unspecified atom stereocenters. The van der Waals surface area contributed by atoms with Gasteiger partial charge >= 0.3 is 0 Å². The van der Waals surface area contributed by atoms with E-state index in [-0.39, 0.29) is 0 Å². The molecular formula is C26H24O. The minimum atomic E-state index is -0.648. The zero-order valence-electron chi connectivity index (χ0n) is 15.6. The van der Waals surface area contributed by atoms with Gasteiger partial charge in [-0.15, -0.1) is 12.3 Å². The van der Waals surface area contributed by atoms with Crippen molar-refractivity contribution < 1.29 is 4.74 Å². The molecule has 0 aliphatic heterocycles. The van der Waals surface area contributed by atoms with Crippen LogP contribution in [0.3, 0.4) is 0 Å². The van der Waals surface area contributed by atoms with Gasteiger partial charge in [0, 0.05) is 11.8 Å². The smallest absolute Gasteiger partial charge is 0.143 e. The summed E-state index contributed by atoms with van der Waals surface area (Å²) in [7, 11) is 0. The normalized spacial score (nSPS) is 21.4. The summed E-state index contributed by atoms with van der Waals surface area (Å²) >= 11 is 0. The summed E-state index contributed by atoms with van der Waals surface area (Å²) in [6.45, 7) is 2.86. The van der Waals surface area contributed by atoms with Crippen molar-refractivity contribution in [2.75, 3.05) is 6.61 Å². The second kappa shape index (κ2) is 7.43. The molecule has 134 valence electrons. The quantitative estimate of drug-likeness (QED) is 0.420. The average molecular weight is 352 g/mol. The van der Waals surface area contributed by atoms with Gasteiger partial charge in [0.2, 0.25) is 0 Å². The lowest BCUT2D eigenvalue weighted by molar-refractivity contribution is 0.00378. The molecule has 0 saturated heterocycles. The summed E-state index contributed by atoms with van der Waals surface area (Å²) in [5.74, 6) is 4.18. The second-order valence-corrected chi connectivity index (χ2v) is 7.31. The molecular weight excluding hydrogens is 328 g/mol. The molecule has 1 heteroatoms. The van der Waals surface area contributed by atoms with Gasteiger partial charge in [-0.3, -0.25) is 0 Å². The summed E-state index contributed by atoms with van der Waals surface area (Å²) in [4.78, 5) is 0. The Hall–Kier alpha value is -2.82. The molecule has 1 aliphatic carbocycles. The molecule has 1 aliphatic rings. The summed E-state index contributed by atoms with van der Waals surface area (Å²) in [5.41, 5.74) is 2.75. The van der Waals surface area contributed by atoms with E-state index in [4.69, 9.17) is 11.2 Å². The first-order valence-electron chi connectivity index (χ1n) is 9.54. The van der Waals surface area contributed by atoms with E-state index in [0.717, 1.165) is 16.7 Å². The molecule has 0 bridgehead atoms. The summed E-state index contributed by atoms with van der Waals surface area (Å²) in [5, 5.41) is 0. The van der Waals surface area contributed by atoms with Gasteiger partial charge in [0.1, 0.15) is 5.60 Å². The third kappa shape index (κ3) is 3.18. The van der Waals surface area contributed by atoms with Crippen LogP contribution in [0.15, 0.2) is 91.0 Å². The molecule has 0 radical (unpaired) electrons. The minimum absolute atomic E-state index is 0.324. The van der Waals surface area contributed by atoms with Crippen LogP contribution in [0.2, 0.25) is 0 Å². The molecule has 0 aromatic heterocycles. The van der Waals surface area contributed by atoms with E-state index in [1.54, 1.807) is 0 Å². The van der Waals surface area contributed by atoms with Crippen molar-refractivity contribution in [3.05, 3.63) is 108 Å². The SMILES string of the molecule is C#C[C@H]1[C@H](C)[C@@H]1COC(c1ccccc1)(c1ccccc1)c1ccccc1. The van der Waals surface area contributed by atoms with Gasteiger partial charge in [-0.2, -0.15) is 0 Å². The lowest BCUT2D eigenvalue weighted by Gasteiger charge is -2.36. The Morgan fingerprint density at radius 2 is 1.19 bits per heavy atom. The Bertz CT molecular complexity index is 812. The lowest BCUT2D eigenvalue weighted by atomic mass is 9.80. The predicted molar refractivity (Wildman–Crippen MR) is 110 cm³/mol. The highest BCUT2D eigenvalue weighted by molar-refractivity contribution is 5.47. The maximum atomic E-state index is 6.82. The molecule has 0 N–H and O–H groups in total. The van der Waals surface area contributed by atoms with E-state index in [9.17, 15) is 0 Å². The number of hydrogen-bond acceptors (Lipinski definition) is 1. The standard InChI is InChI=1S/C26H24O/c1-3-24-20(2)25(24)19-27-26(21-13-7-4-8-14-21,22-15-9-5-10-16-22)23-17-11-6-12-18-23/h1,4-18,20,24-25H,19H2,2H3/t20-,24-,25-/m0/s1. The maximum Gasteiger partial charge on any atom is 0.143 e. The Morgan fingerprint density at radius 3 is 1.52 bits per heavy atom. The van der Waals surface area contributed by atoms with Gasteiger partial charge in [0.25, 0.3) is 0 Å². The average Bonchev–Trinajstić information content (AvgIpc) is 3.39. The Labute approximate surface area is 162 Å². The van der Waals surface area contributed by atoms with E-state index in [0.29, 0.717) is 24.4 Å². The highest BCUT2D eigenvalue weighted by Crippen LogP contribution is 2.48. The first-order chi connectivity index (χ1) is 13.3. The van der Waals surface area contributed by atoms with Crippen LogP contribution in [0, 0.1) is 30.1 Å². The lowest BCUT2D eigenvalue weighted by Crippen LogP contribution is -2.33. The molecule has 3 aromatic carbocycles.